The van der Waals surface area contributed by atoms with Crippen LogP contribution in [0.5, 0.6) is 5.75 Å². The van der Waals surface area contributed by atoms with E-state index in [1.807, 2.05) is 28.8 Å². The van der Waals surface area contributed by atoms with Gasteiger partial charge in [0.2, 0.25) is 5.95 Å². The second-order valence-corrected chi connectivity index (χ2v) is 7.75. The number of rotatable bonds is 9. The predicted octanol–water partition coefficient (Wildman–Crippen LogP) is 3.44. The molecule has 9 heteroatoms. The fourth-order valence-electron chi connectivity index (χ4n) is 2.42. The van der Waals surface area contributed by atoms with Crippen LogP contribution in [-0.4, -0.2) is 39.1 Å². The second kappa shape index (κ2) is 9.35. The van der Waals surface area contributed by atoms with Gasteiger partial charge in [-0.1, -0.05) is 31.7 Å². The molecule has 144 valence electrons. The van der Waals surface area contributed by atoms with E-state index in [-0.39, 0.29) is 5.95 Å². The van der Waals surface area contributed by atoms with Gasteiger partial charge in [0, 0.05) is 11.4 Å². The highest BCUT2D eigenvalue weighted by molar-refractivity contribution is 7.99. The average molecular weight is 405 g/mol. The van der Waals surface area contributed by atoms with E-state index in [2.05, 4.69) is 38.0 Å². The number of fused-ring (bicyclic) bond motifs is 1. The van der Waals surface area contributed by atoms with Gasteiger partial charge in [-0.2, -0.15) is 4.98 Å². The summed E-state index contributed by atoms with van der Waals surface area (Å²) in [4.78, 5) is 14.2. The molecule has 0 radical (unpaired) electrons. The van der Waals surface area contributed by atoms with Gasteiger partial charge in [0.1, 0.15) is 16.3 Å². The molecule has 0 saturated carbocycles. The van der Waals surface area contributed by atoms with E-state index < -0.39 is 0 Å². The van der Waals surface area contributed by atoms with Crippen LogP contribution >= 0.6 is 21.0 Å². The summed E-state index contributed by atoms with van der Waals surface area (Å²) in [6.07, 6.45) is 2.34. The molecule has 0 spiro atoms. The molecule has 0 amide bonds. The maximum absolute atomic E-state index is 5.94. The van der Waals surface area contributed by atoms with Gasteiger partial charge in [0.25, 0.3) is 0 Å². The Kier molecular flexibility index (Phi) is 6.88. The molecule has 7 nitrogen and oxygen atoms in total. The Hall–Kier alpha value is -1.89. The highest BCUT2D eigenvalue weighted by Gasteiger charge is 2.14. The second-order valence-electron chi connectivity index (χ2n) is 6.35. The van der Waals surface area contributed by atoms with E-state index in [1.54, 1.807) is 6.33 Å². The van der Waals surface area contributed by atoms with Crippen LogP contribution < -0.4 is 10.5 Å². The van der Waals surface area contributed by atoms with E-state index in [4.69, 9.17) is 15.2 Å². The fourth-order valence-corrected chi connectivity index (χ4v) is 3.51. The number of aromatic nitrogens is 4. The molecule has 2 N–H and O–H groups in total. The molecule has 3 aromatic rings. The lowest BCUT2D eigenvalue weighted by molar-refractivity contribution is 0.173. The van der Waals surface area contributed by atoms with E-state index in [0.29, 0.717) is 37.7 Å². The number of anilines is 1. The van der Waals surface area contributed by atoms with Crippen LogP contribution in [-0.2, 0) is 11.3 Å². The molecule has 0 aliphatic rings. The van der Waals surface area contributed by atoms with Gasteiger partial charge in [0.05, 0.1) is 25.9 Å². The van der Waals surface area contributed by atoms with Crippen LogP contribution in [0.15, 0.2) is 40.5 Å². The van der Waals surface area contributed by atoms with Crippen molar-refractivity contribution in [3.05, 3.63) is 30.6 Å². The minimum absolute atomic E-state index is 0.228. The van der Waals surface area contributed by atoms with Crippen molar-refractivity contribution in [1.82, 2.24) is 19.5 Å². The quantitative estimate of drug-likeness (QED) is 0.331. The largest absolute Gasteiger partial charge is 0.493 e. The normalized spacial score (nSPS) is 11.4. The first-order valence-corrected chi connectivity index (χ1v) is 10.4. The van der Waals surface area contributed by atoms with E-state index in [0.717, 1.165) is 21.2 Å². The maximum atomic E-state index is 5.94. The van der Waals surface area contributed by atoms with Crippen molar-refractivity contribution in [1.29, 1.82) is 0 Å². The number of benzene rings is 1. The van der Waals surface area contributed by atoms with Gasteiger partial charge < -0.3 is 19.8 Å². The van der Waals surface area contributed by atoms with Gasteiger partial charge in [-0.3, -0.25) is 0 Å². The number of hydrogen-bond donors (Lipinski definition) is 1. The molecule has 1 atom stereocenters. The zero-order chi connectivity index (χ0) is 19.2. The predicted molar refractivity (Wildman–Crippen MR) is 111 cm³/mol. The topological polar surface area (TPSA) is 88.1 Å². The number of imidazole rings is 1. The van der Waals surface area contributed by atoms with Gasteiger partial charge in [-0.05, 0) is 24.1 Å². The Balaban J connectivity index is 1.83. The Morgan fingerprint density at radius 3 is 2.93 bits per heavy atom. The first-order valence-electron chi connectivity index (χ1n) is 8.73. The van der Waals surface area contributed by atoms with Gasteiger partial charge >= 0.3 is 0 Å². The zero-order valence-electron chi connectivity index (χ0n) is 15.5. The number of nitrogen functional groups attached to an aromatic ring is 1. The summed E-state index contributed by atoms with van der Waals surface area (Å²) >= 11 is 1.50. The van der Waals surface area contributed by atoms with Crippen molar-refractivity contribution in [3.8, 4) is 5.75 Å². The summed E-state index contributed by atoms with van der Waals surface area (Å²) in [6, 6.07) is 7.94. The summed E-state index contributed by atoms with van der Waals surface area (Å²) in [5.41, 5.74) is 7.38. The Morgan fingerprint density at radius 2 is 2.15 bits per heavy atom. The van der Waals surface area contributed by atoms with Crippen molar-refractivity contribution in [3.63, 3.8) is 0 Å². The molecule has 0 bridgehead atoms. The van der Waals surface area contributed by atoms with Crippen LogP contribution in [0.2, 0.25) is 0 Å². The Labute approximate surface area is 165 Å². The molecule has 3 rings (SSSR count). The first kappa shape index (κ1) is 19.9. The highest BCUT2D eigenvalue weighted by atomic mass is 32.2. The molecule has 0 fully saturated rings. The molecular formula is C18H24N5O2PS. The lowest BCUT2D eigenvalue weighted by atomic mass is 10.2. The maximum Gasteiger partial charge on any atom is 0.223 e. The van der Waals surface area contributed by atoms with E-state index >= 15 is 0 Å². The summed E-state index contributed by atoms with van der Waals surface area (Å²) in [5.74, 6) is 1.54. The molecule has 27 heavy (non-hydrogen) atoms. The third-order valence-corrected chi connectivity index (χ3v) is 4.85. The van der Waals surface area contributed by atoms with E-state index in [1.165, 1.54) is 11.8 Å². The molecule has 1 aromatic carbocycles. The Bertz CT molecular complexity index is 903. The number of ether oxygens (including phenoxy) is 2. The van der Waals surface area contributed by atoms with Crippen LogP contribution in [0.4, 0.5) is 5.95 Å². The van der Waals surface area contributed by atoms with Crippen LogP contribution in [0.1, 0.15) is 13.8 Å². The van der Waals surface area contributed by atoms with Crippen molar-refractivity contribution < 1.29 is 9.47 Å². The SMILES string of the molecule is CC(C)COc1cccc(Sc2nc(N)nc3c2ncn3CCOCP)c1. The van der Waals surface area contributed by atoms with Crippen molar-refractivity contribution in [2.45, 2.75) is 30.3 Å². The van der Waals surface area contributed by atoms with Crippen LogP contribution in [0, 0.1) is 5.92 Å². The van der Waals surface area contributed by atoms with Crippen molar-refractivity contribution in [2.24, 2.45) is 5.92 Å². The number of nitrogens with two attached hydrogens (primary N) is 1. The zero-order valence-corrected chi connectivity index (χ0v) is 17.4. The van der Waals surface area contributed by atoms with Gasteiger partial charge in [-0.25, -0.2) is 9.97 Å². The number of hydrogen-bond acceptors (Lipinski definition) is 7. The summed E-state index contributed by atoms with van der Waals surface area (Å²) in [5, 5.41) is 0.726. The monoisotopic (exact) mass is 405 g/mol. The summed E-state index contributed by atoms with van der Waals surface area (Å²) < 4.78 is 13.1. The fraction of sp³-hybridized carbons (Fsp3) is 0.389. The lowest BCUT2D eigenvalue weighted by Gasteiger charge is -2.10. The molecule has 0 aliphatic heterocycles. The molecule has 2 aromatic heterocycles. The lowest BCUT2D eigenvalue weighted by Crippen LogP contribution is -2.06. The number of nitrogens with zero attached hydrogens (tertiary/aromatic N) is 4. The minimum atomic E-state index is 0.228. The van der Waals surface area contributed by atoms with Crippen LogP contribution in [0.25, 0.3) is 11.2 Å². The third kappa shape index (κ3) is 5.31. The molecule has 2 heterocycles. The molecule has 0 aliphatic carbocycles. The molecule has 1 unspecified atom stereocenters. The standard InChI is InChI=1S/C18H24N5O2PS/c1-12(2)9-25-13-4-3-5-14(8-13)27-17-15-16(21-18(19)22-17)23(10-20-15)6-7-24-11-26/h3-5,8,10,12H,6-7,9,11,26H2,1-2H3,(H2,19,21,22). The van der Waals surface area contributed by atoms with Crippen LogP contribution in [0.3, 0.4) is 0 Å². The van der Waals surface area contributed by atoms with Gasteiger partial charge in [0.15, 0.2) is 5.65 Å². The smallest absolute Gasteiger partial charge is 0.223 e. The Morgan fingerprint density at radius 1 is 1.30 bits per heavy atom. The highest BCUT2D eigenvalue weighted by Crippen LogP contribution is 2.33. The third-order valence-electron chi connectivity index (χ3n) is 3.65. The molecular weight excluding hydrogens is 381 g/mol. The van der Waals surface area contributed by atoms with Crippen molar-refractivity contribution in [2.75, 3.05) is 25.3 Å². The first-order chi connectivity index (χ1) is 13.1. The van der Waals surface area contributed by atoms with E-state index in [9.17, 15) is 0 Å². The average Bonchev–Trinajstić information content (AvgIpc) is 3.04. The van der Waals surface area contributed by atoms with Crippen molar-refractivity contribution >= 4 is 38.1 Å². The minimum Gasteiger partial charge on any atom is -0.493 e. The summed E-state index contributed by atoms with van der Waals surface area (Å²) in [6.45, 7) is 6.17. The molecule has 0 saturated heterocycles. The summed E-state index contributed by atoms with van der Waals surface area (Å²) in [7, 11) is 2.54. The van der Waals surface area contributed by atoms with Gasteiger partial charge in [-0.15, -0.1) is 9.24 Å².